The van der Waals surface area contributed by atoms with Crippen LogP contribution in [0.1, 0.15) is 45.2 Å². The molecule has 1 aromatic rings. The fraction of sp³-hybridized carbons (Fsp3) is 0.611. The number of hydrogen-bond donors (Lipinski definition) is 2. The second-order valence-electron chi connectivity index (χ2n) is 7.46. The summed E-state index contributed by atoms with van der Waals surface area (Å²) in [5, 5.41) is 2.71. The molecule has 1 heterocycles. The molecule has 25 heavy (non-hydrogen) atoms. The van der Waals surface area contributed by atoms with Crippen molar-refractivity contribution in [3.63, 3.8) is 0 Å². The number of carbonyl (C=O) groups is 1. The highest BCUT2D eigenvalue weighted by Gasteiger charge is 2.70. The van der Waals surface area contributed by atoms with Gasteiger partial charge in [-0.05, 0) is 31.9 Å². The van der Waals surface area contributed by atoms with E-state index in [1.54, 1.807) is 6.92 Å². The Hall–Kier alpha value is -1.24. The van der Waals surface area contributed by atoms with Gasteiger partial charge in [0.05, 0.1) is 12.1 Å². The Morgan fingerprint density at radius 3 is 2.56 bits per heavy atom. The molecule has 1 saturated heterocycles. The molecule has 3 N–H and O–H groups in total. The Morgan fingerprint density at radius 2 is 1.96 bits per heavy atom. The van der Waals surface area contributed by atoms with Gasteiger partial charge in [0.2, 0.25) is 5.91 Å². The number of rotatable bonds is 3. The molecule has 4 nitrogen and oxygen atoms in total. The molecule has 140 valence electrons. The van der Waals surface area contributed by atoms with Gasteiger partial charge in [0.15, 0.2) is 0 Å². The summed E-state index contributed by atoms with van der Waals surface area (Å²) >= 11 is 0. The second-order valence-corrected chi connectivity index (χ2v) is 7.46. The molecule has 1 amide bonds. The molecule has 0 spiro atoms. The third-order valence-electron chi connectivity index (χ3n) is 5.84. The summed E-state index contributed by atoms with van der Waals surface area (Å²) in [4.78, 5) is 12.9. The highest BCUT2D eigenvalue weighted by Crippen LogP contribution is 2.57. The van der Waals surface area contributed by atoms with Gasteiger partial charge in [0.1, 0.15) is 17.2 Å². The summed E-state index contributed by atoms with van der Waals surface area (Å²) in [7, 11) is 0. The van der Waals surface area contributed by atoms with Crippen molar-refractivity contribution >= 4 is 18.3 Å². The van der Waals surface area contributed by atoms with Crippen molar-refractivity contribution < 1.29 is 18.3 Å². The van der Waals surface area contributed by atoms with Crippen LogP contribution in [0.15, 0.2) is 18.2 Å². The largest absolute Gasteiger partial charge is 0.377 e. The summed E-state index contributed by atoms with van der Waals surface area (Å²) in [5.74, 6) is -1.81. The number of amides is 1. The quantitative estimate of drug-likeness (QED) is 0.854. The van der Waals surface area contributed by atoms with Gasteiger partial charge in [0.25, 0.3) is 0 Å². The molecule has 2 fully saturated rings. The van der Waals surface area contributed by atoms with Crippen LogP contribution in [0.25, 0.3) is 0 Å². The molecule has 4 unspecified atom stereocenters. The maximum atomic E-state index is 13.9. The van der Waals surface area contributed by atoms with Crippen LogP contribution in [0.3, 0.4) is 0 Å². The maximum Gasteiger partial charge on any atom is 0.241 e. The van der Waals surface area contributed by atoms with Crippen LogP contribution in [0, 0.1) is 23.0 Å². The molecule has 1 aliphatic carbocycles. The highest BCUT2D eigenvalue weighted by atomic mass is 35.5. The lowest BCUT2D eigenvalue weighted by atomic mass is 9.46. The van der Waals surface area contributed by atoms with Gasteiger partial charge in [0, 0.05) is 23.5 Å². The predicted molar refractivity (Wildman–Crippen MR) is 93.3 cm³/mol. The number of ether oxygens (including phenoxy) is 1. The number of carbonyl (C=O) groups excluding carboxylic acids is 1. The second kappa shape index (κ2) is 6.82. The van der Waals surface area contributed by atoms with E-state index in [2.05, 4.69) is 5.32 Å². The molecule has 0 radical (unpaired) electrons. The van der Waals surface area contributed by atoms with E-state index in [0.717, 1.165) is 12.8 Å². The first kappa shape index (κ1) is 20.1. The van der Waals surface area contributed by atoms with Gasteiger partial charge in [-0.15, -0.1) is 12.4 Å². The van der Waals surface area contributed by atoms with Crippen LogP contribution in [0.4, 0.5) is 8.78 Å². The Labute approximate surface area is 152 Å². The SMILES string of the molecule is CC(NC(=O)C1(N)C2CCCOC2C1(C)C)c1c(F)cccc1F.Cl. The standard InChI is InChI=1S/C18H24F2N2O2.ClH/c1-10(14-12(19)7-4-8-13(14)20)22-16(23)18(21)11-6-5-9-24-15(11)17(18,2)3;/h4,7-8,10-11,15H,5-6,9,21H2,1-3H3,(H,22,23);1H. The van der Waals surface area contributed by atoms with Gasteiger partial charge in [-0.3, -0.25) is 4.79 Å². The van der Waals surface area contributed by atoms with Crippen molar-refractivity contribution in [1.82, 2.24) is 5.32 Å². The number of nitrogens with two attached hydrogens (primary N) is 1. The molecule has 0 aromatic heterocycles. The van der Waals surface area contributed by atoms with Gasteiger partial charge in [-0.25, -0.2) is 8.78 Å². The Morgan fingerprint density at radius 1 is 1.36 bits per heavy atom. The van der Waals surface area contributed by atoms with Crippen LogP contribution >= 0.6 is 12.4 Å². The van der Waals surface area contributed by atoms with E-state index in [4.69, 9.17) is 10.5 Å². The average molecular weight is 375 g/mol. The third-order valence-corrected chi connectivity index (χ3v) is 5.84. The Kier molecular flexibility index (Phi) is 5.47. The monoisotopic (exact) mass is 374 g/mol. The maximum absolute atomic E-state index is 13.9. The predicted octanol–water partition coefficient (Wildman–Crippen LogP) is 3.10. The first-order chi connectivity index (χ1) is 11.2. The van der Waals surface area contributed by atoms with Crippen molar-refractivity contribution in [3.05, 3.63) is 35.4 Å². The minimum Gasteiger partial charge on any atom is -0.377 e. The van der Waals surface area contributed by atoms with Gasteiger partial charge in [-0.2, -0.15) is 0 Å². The Bertz CT molecular complexity index is 650. The number of fused-ring (bicyclic) bond motifs is 1. The van der Waals surface area contributed by atoms with Gasteiger partial charge in [-0.1, -0.05) is 19.9 Å². The molecule has 2 aliphatic rings. The summed E-state index contributed by atoms with van der Waals surface area (Å²) in [6.45, 7) is 6.06. The molecule has 7 heteroatoms. The van der Waals surface area contributed by atoms with E-state index >= 15 is 0 Å². The Balaban J connectivity index is 0.00000225. The number of halogens is 3. The van der Waals surface area contributed by atoms with Crippen molar-refractivity contribution in [2.45, 2.75) is 51.3 Å². The van der Waals surface area contributed by atoms with E-state index in [1.807, 2.05) is 13.8 Å². The van der Waals surface area contributed by atoms with Crippen LogP contribution in [-0.4, -0.2) is 24.2 Å². The lowest BCUT2D eigenvalue weighted by molar-refractivity contribution is -0.225. The molecule has 1 aromatic carbocycles. The molecular formula is C18H25ClF2N2O2. The minimum absolute atomic E-state index is 0. The first-order valence-corrected chi connectivity index (χ1v) is 8.36. The van der Waals surface area contributed by atoms with Crippen molar-refractivity contribution in [2.75, 3.05) is 6.61 Å². The topological polar surface area (TPSA) is 64.4 Å². The third kappa shape index (κ3) is 2.84. The fourth-order valence-electron chi connectivity index (χ4n) is 4.35. The van der Waals surface area contributed by atoms with Crippen LogP contribution in [0.5, 0.6) is 0 Å². The van der Waals surface area contributed by atoms with E-state index < -0.39 is 28.6 Å². The molecule has 0 bridgehead atoms. The van der Waals surface area contributed by atoms with Gasteiger partial charge < -0.3 is 15.8 Å². The lowest BCUT2D eigenvalue weighted by Crippen LogP contribution is -2.82. The van der Waals surface area contributed by atoms with Crippen LogP contribution in [0.2, 0.25) is 0 Å². The summed E-state index contributed by atoms with van der Waals surface area (Å²) in [6, 6.07) is 2.85. The lowest BCUT2D eigenvalue weighted by Gasteiger charge is -2.65. The first-order valence-electron chi connectivity index (χ1n) is 8.36. The van der Waals surface area contributed by atoms with Crippen LogP contribution in [-0.2, 0) is 9.53 Å². The normalized spacial score (nSPS) is 31.1. The van der Waals surface area contributed by atoms with Crippen molar-refractivity contribution in [2.24, 2.45) is 17.1 Å². The average Bonchev–Trinajstić information content (AvgIpc) is 2.53. The summed E-state index contributed by atoms with van der Waals surface area (Å²) in [6.07, 6.45) is 1.63. The van der Waals surface area contributed by atoms with Crippen LogP contribution < -0.4 is 11.1 Å². The molecule has 4 atom stereocenters. The number of nitrogens with one attached hydrogen (secondary N) is 1. The molecule has 1 saturated carbocycles. The smallest absolute Gasteiger partial charge is 0.241 e. The van der Waals surface area contributed by atoms with E-state index in [1.165, 1.54) is 18.2 Å². The molecule has 3 rings (SSSR count). The minimum atomic E-state index is -1.10. The highest BCUT2D eigenvalue weighted by molar-refractivity contribution is 5.89. The fourth-order valence-corrected chi connectivity index (χ4v) is 4.35. The zero-order valence-corrected chi connectivity index (χ0v) is 15.5. The van der Waals surface area contributed by atoms with E-state index in [-0.39, 0.29) is 35.9 Å². The van der Waals surface area contributed by atoms with Crippen molar-refractivity contribution in [3.8, 4) is 0 Å². The zero-order valence-electron chi connectivity index (χ0n) is 14.6. The van der Waals surface area contributed by atoms with Gasteiger partial charge >= 0.3 is 0 Å². The van der Waals surface area contributed by atoms with E-state index in [0.29, 0.717) is 6.61 Å². The summed E-state index contributed by atoms with van der Waals surface area (Å²) in [5.41, 5.74) is 4.72. The number of hydrogen-bond acceptors (Lipinski definition) is 3. The number of benzene rings is 1. The van der Waals surface area contributed by atoms with Crippen molar-refractivity contribution in [1.29, 1.82) is 0 Å². The zero-order chi connectivity index (χ0) is 17.7. The van der Waals surface area contributed by atoms with E-state index in [9.17, 15) is 13.6 Å². The molecule has 1 aliphatic heterocycles. The summed E-state index contributed by atoms with van der Waals surface area (Å²) < 4.78 is 33.6. The molecular weight excluding hydrogens is 350 g/mol.